The highest BCUT2D eigenvalue weighted by molar-refractivity contribution is 7.99. The van der Waals surface area contributed by atoms with Gasteiger partial charge in [0.1, 0.15) is 16.3 Å². The number of carbonyl (C=O) groups excluding carboxylic acids is 2. The van der Waals surface area contributed by atoms with Crippen LogP contribution in [0.15, 0.2) is 65.1 Å². The van der Waals surface area contributed by atoms with Gasteiger partial charge < -0.3 is 19.4 Å². The normalized spacial score (nSPS) is 10.8. The number of hydrogen-bond donors (Lipinski definition) is 1. The molecule has 2 aromatic heterocycles. The Balaban J connectivity index is 1.45. The van der Waals surface area contributed by atoms with E-state index in [0.717, 1.165) is 22.4 Å². The number of carbonyl (C=O) groups is 2. The van der Waals surface area contributed by atoms with Crippen LogP contribution in [0, 0.1) is 0 Å². The summed E-state index contributed by atoms with van der Waals surface area (Å²) in [5, 5.41) is 14.3. The smallest absolute Gasteiger partial charge is 0.341 e. The number of nitrogens with one attached hydrogen (secondary N) is 1. The summed E-state index contributed by atoms with van der Waals surface area (Å²) in [6, 6.07) is 17.2. The largest absolute Gasteiger partial charge is 0.494 e. The van der Waals surface area contributed by atoms with E-state index in [1.807, 2.05) is 78.5 Å². The molecule has 0 saturated carbocycles. The Labute approximate surface area is 217 Å². The first-order valence-electron chi connectivity index (χ1n) is 11.4. The molecule has 4 aromatic rings. The fraction of sp³-hybridized carbons (Fsp3) is 0.231. The zero-order valence-corrected chi connectivity index (χ0v) is 21.8. The molecule has 2 aromatic carbocycles. The van der Waals surface area contributed by atoms with Crippen LogP contribution in [0.25, 0.3) is 22.5 Å². The first kappa shape index (κ1) is 25.5. The van der Waals surface area contributed by atoms with Crippen molar-refractivity contribution in [2.24, 2.45) is 7.05 Å². The summed E-state index contributed by atoms with van der Waals surface area (Å²) in [5.74, 6) is 0.875. The van der Waals surface area contributed by atoms with Crippen LogP contribution in [0.5, 0.6) is 5.75 Å². The molecule has 0 fully saturated rings. The molecular weight excluding hydrogens is 496 g/mol. The van der Waals surface area contributed by atoms with Gasteiger partial charge in [-0.25, -0.2) is 4.79 Å². The van der Waals surface area contributed by atoms with Gasteiger partial charge in [0.25, 0.3) is 0 Å². The number of benzene rings is 2. The summed E-state index contributed by atoms with van der Waals surface area (Å²) < 4.78 is 12.6. The van der Waals surface area contributed by atoms with E-state index in [2.05, 4.69) is 15.5 Å². The Morgan fingerprint density at radius 3 is 2.44 bits per heavy atom. The van der Waals surface area contributed by atoms with Crippen LogP contribution in [-0.4, -0.2) is 45.6 Å². The molecule has 4 rings (SSSR count). The minimum Gasteiger partial charge on any atom is -0.494 e. The van der Waals surface area contributed by atoms with Crippen molar-refractivity contribution in [3.8, 4) is 28.3 Å². The van der Waals surface area contributed by atoms with E-state index in [-0.39, 0.29) is 18.3 Å². The molecule has 1 N–H and O–H groups in total. The summed E-state index contributed by atoms with van der Waals surface area (Å²) in [4.78, 5) is 25.5. The summed E-state index contributed by atoms with van der Waals surface area (Å²) >= 11 is 2.57. The fourth-order valence-electron chi connectivity index (χ4n) is 3.54. The maximum atomic E-state index is 12.8. The summed E-state index contributed by atoms with van der Waals surface area (Å²) in [6.07, 6.45) is 0. The number of aromatic nitrogens is 3. The van der Waals surface area contributed by atoms with Gasteiger partial charge in [-0.3, -0.25) is 4.79 Å². The first-order chi connectivity index (χ1) is 17.5. The Morgan fingerprint density at radius 1 is 1.00 bits per heavy atom. The SMILES string of the molecule is CCOC(=O)c1c(-c2ccccc2)csc1NC(=O)CSc1nnc(-c2ccc(OCC)cc2)n1C. The second-order valence-corrected chi connectivity index (χ2v) is 9.42. The number of nitrogens with zero attached hydrogens (tertiary/aromatic N) is 3. The van der Waals surface area contributed by atoms with Crippen LogP contribution in [0.1, 0.15) is 24.2 Å². The van der Waals surface area contributed by atoms with Gasteiger partial charge in [-0.05, 0) is 43.7 Å². The third-order valence-corrected chi connectivity index (χ3v) is 7.11. The van der Waals surface area contributed by atoms with Crippen molar-refractivity contribution in [2.45, 2.75) is 19.0 Å². The molecule has 1 amide bonds. The van der Waals surface area contributed by atoms with Gasteiger partial charge in [0.15, 0.2) is 11.0 Å². The van der Waals surface area contributed by atoms with E-state index in [1.54, 1.807) is 6.92 Å². The molecule has 0 aliphatic carbocycles. The number of hydrogen-bond acceptors (Lipinski definition) is 8. The van der Waals surface area contributed by atoms with Crippen molar-refractivity contribution in [1.82, 2.24) is 14.8 Å². The van der Waals surface area contributed by atoms with Crippen LogP contribution in [0.3, 0.4) is 0 Å². The topological polar surface area (TPSA) is 95.3 Å². The minimum absolute atomic E-state index is 0.107. The van der Waals surface area contributed by atoms with E-state index >= 15 is 0 Å². The molecule has 0 atom stereocenters. The van der Waals surface area contributed by atoms with Gasteiger partial charge in [0.05, 0.1) is 19.0 Å². The second-order valence-electron chi connectivity index (χ2n) is 7.60. The van der Waals surface area contributed by atoms with Gasteiger partial charge in [-0.15, -0.1) is 21.5 Å². The lowest BCUT2D eigenvalue weighted by atomic mass is 10.0. The summed E-state index contributed by atoms with van der Waals surface area (Å²) in [7, 11) is 1.86. The molecule has 0 aliphatic heterocycles. The standard InChI is InChI=1S/C26H26N4O4S2/c1-4-33-19-13-11-18(12-14-19)23-28-29-26(30(23)3)36-16-21(31)27-24-22(25(32)34-5-2)20(15-35-24)17-9-7-6-8-10-17/h6-15H,4-5,16H2,1-3H3,(H,27,31). The highest BCUT2D eigenvalue weighted by Gasteiger charge is 2.23. The van der Waals surface area contributed by atoms with Crippen molar-refractivity contribution in [3.63, 3.8) is 0 Å². The van der Waals surface area contributed by atoms with Gasteiger partial charge >= 0.3 is 5.97 Å². The van der Waals surface area contributed by atoms with Crippen LogP contribution in [-0.2, 0) is 16.6 Å². The van der Waals surface area contributed by atoms with E-state index in [0.29, 0.717) is 28.2 Å². The first-order valence-corrected chi connectivity index (χ1v) is 13.3. The molecule has 8 nitrogen and oxygen atoms in total. The number of anilines is 1. The highest BCUT2D eigenvalue weighted by atomic mass is 32.2. The van der Waals surface area contributed by atoms with Gasteiger partial charge in [0, 0.05) is 23.6 Å². The monoisotopic (exact) mass is 522 g/mol. The van der Waals surface area contributed by atoms with E-state index in [1.165, 1.54) is 23.1 Å². The molecule has 36 heavy (non-hydrogen) atoms. The molecule has 0 saturated heterocycles. The lowest BCUT2D eigenvalue weighted by Gasteiger charge is -2.09. The predicted molar refractivity (Wildman–Crippen MR) is 143 cm³/mol. The number of amides is 1. The van der Waals surface area contributed by atoms with Crippen molar-refractivity contribution < 1.29 is 19.1 Å². The Hall–Kier alpha value is -3.63. The van der Waals surface area contributed by atoms with E-state index in [4.69, 9.17) is 9.47 Å². The van der Waals surface area contributed by atoms with Crippen LogP contribution >= 0.6 is 23.1 Å². The highest BCUT2D eigenvalue weighted by Crippen LogP contribution is 2.36. The second kappa shape index (κ2) is 11.9. The van der Waals surface area contributed by atoms with Crippen molar-refractivity contribution in [3.05, 3.63) is 65.5 Å². The quantitative estimate of drug-likeness (QED) is 0.217. The van der Waals surface area contributed by atoms with Crippen LogP contribution < -0.4 is 10.1 Å². The van der Waals surface area contributed by atoms with Crippen molar-refractivity contribution >= 4 is 40.0 Å². The minimum atomic E-state index is -0.464. The fourth-order valence-corrected chi connectivity index (χ4v) is 5.22. The maximum Gasteiger partial charge on any atom is 0.341 e. The van der Waals surface area contributed by atoms with Crippen molar-refractivity contribution in [1.29, 1.82) is 0 Å². The number of esters is 1. The molecule has 0 aliphatic rings. The molecule has 2 heterocycles. The Kier molecular flexibility index (Phi) is 8.40. The predicted octanol–water partition coefficient (Wildman–Crippen LogP) is 5.52. The lowest BCUT2D eigenvalue weighted by Crippen LogP contribution is -2.16. The number of rotatable bonds is 10. The third-order valence-electron chi connectivity index (χ3n) is 5.20. The molecular formula is C26H26N4O4S2. The number of thioether (sulfide) groups is 1. The van der Waals surface area contributed by atoms with E-state index < -0.39 is 5.97 Å². The van der Waals surface area contributed by atoms with Gasteiger partial charge in [-0.1, -0.05) is 42.1 Å². The molecule has 0 unspecified atom stereocenters. The van der Waals surface area contributed by atoms with Crippen LogP contribution in [0.2, 0.25) is 0 Å². The van der Waals surface area contributed by atoms with Gasteiger partial charge in [0.2, 0.25) is 5.91 Å². The Morgan fingerprint density at radius 2 is 1.75 bits per heavy atom. The van der Waals surface area contributed by atoms with Crippen LogP contribution in [0.4, 0.5) is 5.00 Å². The zero-order valence-electron chi connectivity index (χ0n) is 20.2. The van der Waals surface area contributed by atoms with Crippen molar-refractivity contribution in [2.75, 3.05) is 24.3 Å². The average Bonchev–Trinajstić information content (AvgIpc) is 3.47. The van der Waals surface area contributed by atoms with Gasteiger partial charge in [-0.2, -0.15) is 0 Å². The third kappa shape index (κ3) is 5.77. The molecule has 186 valence electrons. The number of thiophene rings is 1. The average molecular weight is 523 g/mol. The lowest BCUT2D eigenvalue weighted by molar-refractivity contribution is -0.113. The summed E-state index contributed by atoms with van der Waals surface area (Å²) in [5.41, 5.74) is 2.88. The Bertz CT molecular complexity index is 1330. The molecule has 10 heteroatoms. The molecule has 0 bridgehead atoms. The molecule has 0 radical (unpaired) electrons. The number of ether oxygens (including phenoxy) is 2. The van der Waals surface area contributed by atoms with E-state index in [9.17, 15) is 9.59 Å². The zero-order chi connectivity index (χ0) is 25.5. The summed E-state index contributed by atoms with van der Waals surface area (Å²) in [6.45, 7) is 4.54. The maximum absolute atomic E-state index is 12.8. The molecule has 0 spiro atoms.